The van der Waals surface area contributed by atoms with Gasteiger partial charge in [0, 0.05) is 18.9 Å². The normalized spacial score (nSPS) is 13.0. The minimum Gasteiger partial charge on any atom is -0.449 e. The second-order valence-electron chi connectivity index (χ2n) is 9.32. The van der Waals surface area contributed by atoms with Crippen LogP contribution in [-0.2, 0) is 14.3 Å². The molecule has 1 aliphatic rings. The molecule has 0 aromatic heterocycles. The molecule has 0 unspecified atom stereocenters. The van der Waals surface area contributed by atoms with Crippen LogP contribution in [0.5, 0.6) is 0 Å². The quantitative estimate of drug-likeness (QED) is 0.160. The molecule has 0 heterocycles. The highest BCUT2D eigenvalue weighted by Gasteiger charge is 2.30. The summed E-state index contributed by atoms with van der Waals surface area (Å²) in [7, 11) is 0. The van der Waals surface area contributed by atoms with Crippen LogP contribution >= 0.6 is 0 Å². The van der Waals surface area contributed by atoms with Crippen LogP contribution < -0.4 is 21.9 Å². The van der Waals surface area contributed by atoms with Crippen molar-refractivity contribution in [1.82, 2.24) is 16.1 Å². The van der Waals surface area contributed by atoms with Crippen LogP contribution in [-0.4, -0.2) is 37.1 Å². The lowest BCUT2D eigenvalue weighted by Crippen LogP contribution is -2.48. The molecule has 8 nitrogen and oxygen atoms in total. The Labute approximate surface area is 207 Å². The Hall–Kier alpha value is -3.39. The first-order valence-corrected chi connectivity index (χ1v) is 12.3. The molecule has 8 heteroatoms. The number of nitrogens with two attached hydrogens (primary N) is 1. The first-order valence-electron chi connectivity index (χ1n) is 12.3. The van der Waals surface area contributed by atoms with Crippen LogP contribution in [0.15, 0.2) is 48.5 Å². The third-order valence-corrected chi connectivity index (χ3v) is 6.20. The lowest BCUT2D eigenvalue weighted by molar-refractivity contribution is -0.123. The molecule has 5 N–H and O–H groups in total. The van der Waals surface area contributed by atoms with Gasteiger partial charge in [0.15, 0.2) is 0 Å². The maximum absolute atomic E-state index is 12.7. The van der Waals surface area contributed by atoms with Crippen LogP contribution in [0.1, 0.15) is 63.0 Å². The number of alkyl carbamates (subject to hydrolysis) is 1. The van der Waals surface area contributed by atoms with E-state index >= 15 is 0 Å². The third kappa shape index (κ3) is 7.29. The van der Waals surface area contributed by atoms with E-state index < -0.39 is 12.1 Å². The van der Waals surface area contributed by atoms with Crippen molar-refractivity contribution in [1.29, 1.82) is 0 Å². The van der Waals surface area contributed by atoms with E-state index in [4.69, 9.17) is 10.6 Å². The van der Waals surface area contributed by atoms with Crippen molar-refractivity contribution in [3.63, 3.8) is 0 Å². The summed E-state index contributed by atoms with van der Waals surface area (Å²) in [5.41, 5.74) is 6.71. The van der Waals surface area contributed by atoms with Gasteiger partial charge in [0.1, 0.15) is 12.6 Å². The van der Waals surface area contributed by atoms with Crippen LogP contribution in [0, 0.1) is 5.92 Å². The zero-order valence-electron chi connectivity index (χ0n) is 20.5. The summed E-state index contributed by atoms with van der Waals surface area (Å²) in [5.74, 6) is 4.82. The van der Waals surface area contributed by atoms with Gasteiger partial charge in [-0.05, 0) is 47.4 Å². The minimum absolute atomic E-state index is 0.0353. The predicted octanol–water partition coefficient (Wildman–Crippen LogP) is 3.61. The molecule has 188 valence electrons. The molecule has 0 saturated carbocycles. The first kappa shape index (κ1) is 26.2. The summed E-state index contributed by atoms with van der Waals surface area (Å²) >= 11 is 0. The number of rotatable bonds is 12. The van der Waals surface area contributed by atoms with Crippen LogP contribution in [0.2, 0.25) is 0 Å². The minimum atomic E-state index is -0.673. The van der Waals surface area contributed by atoms with Crippen molar-refractivity contribution in [2.45, 2.75) is 57.9 Å². The summed E-state index contributed by atoms with van der Waals surface area (Å²) in [6, 6.07) is 15.6. The van der Waals surface area contributed by atoms with Crippen molar-refractivity contribution in [2.24, 2.45) is 11.8 Å². The van der Waals surface area contributed by atoms with E-state index in [-0.39, 0.29) is 30.3 Å². The molecule has 0 saturated heterocycles. The van der Waals surface area contributed by atoms with E-state index in [1.54, 1.807) is 0 Å². The predicted molar refractivity (Wildman–Crippen MR) is 135 cm³/mol. The van der Waals surface area contributed by atoms with Gasteiger partial charge in [-0.2, -0.15) is 0 Å². The SMILES string of the molecule is CC(C)C[C@H](NC(=O)OCC1c2ccccc2-c2ccccc21)C(=O)NCCCCCC(=O)NN. The zero-order valence-corrected chi connectivity index (χ0v) is 20.5. The number of hydrazine groups is 1. The summed E-state index contributed by atoms with van der Waals surface area (Å²) in [4.78, 5) is 36.5. The van der Waals surface area contributed by atoms with Gasteiger partial charge in [-0.15, -0.1) is 0 Å². The number of benzene rings is 2. The number of carbonyl (C=O) groups is 3. The Balaban J connectivity index is 1.50. The Kier molecular flexibility index (Phi) is 9.66. The second-order valence-corrected chi connectivity index (χ2v) is 9.32. The molecule has 35 heavy (non-hydrogen) atoms. The highest BCUT2D eigenvalue weighted by molar-refractivity contribution is 5.85. The molecule has 0 radical (unpaired) electrons. The molecular formula is C27H36N4O4. The molecule has 0 aliphatic heterocycles. The number of carbonyl (C=O) groups excluding carboxylic acids is 3. The Bertz CT molecular complexity index is 978. The molecule has 0 fully saturated rings. The fraction of sp³-hybridized carbons (Fsp3) is 0.444. The Morgan fingerprint density at radius 2 is 1.57 bits per heavy atom. The molecule has 3 amide bonds. The number of amides is 3. The fourth-order valence-electron chi connectivity index (χ4n) is 4.48. The molecule has 0 spiro atoms. The van der Waals surface area contributed by atoms with Gasteiger partial charge in [0.2, 0.25) is 11.8 Å². The molecule has 3 rings (SSSR count). The smallest absolute Gasteiger partial charge is 0.407 e. The van der Waals surface area contributed by atoms with E-state index in [1.165, 1.54) is 0 Å². The van der Waals surface area contributed by atoms with Crippen molar-refractivity contribution >= 4 is 17.9 Å². The van der Waals surface area contributed by atoms with E-state index in [9.17, 15) is 14.4 Å². The molecule has 1 atom stereocenters. The maximum atomic E-state index is 12.7. The third-order valence-electron chi connectivity index (χ3n) is 6.20. The van der Waals surface area contributed by atoms with Gasteiger partial charge in [0.05, 0.1) is 0 Å². The lowest BCUT2D eigenvalue weighted by atomic mass is 9.98. The highest BCUT2D eigenvalue weighted by atomic mass is 16.5. The van der Waals surface area contributed by atoms with Gasteiger partial charge < -0.3 is 15.4 Å². The number of fused-ring (bicyclic) bond motifs is 3. The summed E-state index contributed by atoms with van der Waals surface area (Å²) < 4.78 is 5.61. The summed E-state index contributed by atoms with van der Waals surface area (Å²) in [6.07, 6.45) is 2.51. The molecule has 2 aromatic rings. The summed E-state index contributed by atoms with van der Waals surface area (Å²) in [6.45, 7) is 4.68. The van der Waals surface area contributed by atoms with Gasteiger partial charge in [-0.1, -0.05) is 68.8 Å². The number of nitrogens with one attached hydrogen (secondary N) is 3. The van der Waals surface area contributed by atoms with Gasteiger partial charge in [0.25, 0.3) is 0 Å². The number of hydrogen-bond acceptors (Lipinski definition) is 5. The number of unbranched alkanes of at least 4 members (excludes halogenated alkanes) is 2. The molecule has 2 aromatic carbocycles. The summed E-state index contributed by atoms with van der Waals surface area (Å²) in [5, 5.41) is 5.64. The maximum Gasteiger partial charge on any atom is 0.407 e. The average Bonchev–Trinajstić information content (AvgIpc) is 3.17. The standard InChI is InChI=1S/C27H36N4O4/c1-18(2)16-24(26(33)29-15-9-3-4-14-25(32)31-28)30-27(34)35-17-23-21-12-7-5-10-19(21)20-11-6-8-13-22(20)23/h5-8,10-13,18,23-24H,3-4,9,14-17,28H2,1-2H3,(H,29,33)(H,30,34)(H,31,32)/t24-/m0/s1. The first-order chi connectivity index (χ1) is 16.9. The van der Waals surface area contributed by atoms with E-state index in [0.717, 1.165) is 35.1 Å². The van der Waals surface area contributed by atoms with Gasteiger partial charge in [-0.3, -0.25) is 15.0 Å². The van der Waals surface area contributed by atoms with Crippen molar-refractivity contribution < 1.29 is 19.1 Å². The van der Waals surface area contributed by atoms with Crippen molar-refractivity contribution in [2.75, 3.05) is 13.2 Å². The van der Waals surface area contributed by atoms with E-state index in [0.29, 0.717) is 25.8 Å². The molecular weight excluding hydrogens is 444 g/mol. The van der Waals surface area contributed by atoms with Crippen LogP contribution in [0.3, 0.4) is 0 Å². The van der Waals surface area contributed by atoms with Crippen LogP contribution in [0.25, 0.3) is 11.1 Å². The Morgan fingerprint density at radius 1 is 0.943 bits per heavy atom. The lowest BCUT2D eigenvalue weighted by Gasteiger charge is -2.21. The Morgan fingerprint density at radius 3 is 2.17 bits per heavy atom. The highest BCUT2D eigenvalue weighted by Crippen LogP contribution is 2.44. The fourth-order valence-corrected chi connectivity index (χ4v) is 4.48. The van der Waals surface area contributed by atoms with Gasteiger partial charge >= 0.3 is 6.09 Å². The van der Waals surface area contributed by atoms with Crippen LogP contribution in [0.4, 0.5) is 4.79 Å². The number of hydrogen-bond donors (Lipinski definition) is 4. The van der Waals surface area contributed by atoms with Gasteiger partial charge in [-0.25, -0.2) is 10.6 Å². The largest absolute Gasteiger partial charge is 0.449 e. The average molecular weight is 481 g/mol. The van der Waals surface area contributed by atoms with Crippen molar-refractivity contribution in [3.8, 4) is 11.1 Å². The zero-order chi connectivity index (χ0) is 25.2. The second kappa shape index (κ2) is 12.9. The monoisotopic (exact) mass is 480 g/mol. The number of ether oxygens (including phenoxy) is 1. The van der Waals surface area contributed by atoms with Crippen molar-refractivity contribution in [3.05, 3.63) is 59.7 Å². The van der Waals surface area contributed by atoms with E-state index in [2.05, 4.69) is 40.3 Å². The molecule has 0 bridgehead atoms. The molecule has 1 aliphatic carbocycles. The topological polar surface area (TPSA) is 123 Å². The van der Waals surface area contributed by atoms with E-state index in [1.807, 2.05) is 38.1 Å².